The van der Waals surface area contributed by atoms with Gasteiger partial charge in [0.15, 0.2) is 5.49 Å². The monoisotopic (exact) mass is 311 g/mol. The smallest absolute Gasteiger partial charge is 0.155 e. The number of nitrogens with zero attached hydrogens (tertiary/aromatic N) is 3. The van der Waals surface area contributed by atoms with Gasteiger partial charge in [-0.1, -0.05) is 30.3 Å². The van der Waals surface area contributed by atoms with Crippen LogP contribution in [0.25, 0.3) is 10.2 Å². The van der Waals surface area contributed by atoms with Crippen molar-refractivity contribution in [3.63, 3.8) is 0 Å². The Balaban J connectivity index is 1.67. The van der Waals surface area contributed by atoms with Crippen molar-refractivity contribution in [2.24, 2.45) is 0 Å². The molecular formula is C16H17N5S. The van der Waals surface area contributed by atoms with Gasteiger partial charge in [0.2, 0.25) is 0 Å². The Morgan fingerprint density at radius 3 is 2.91 bits per heavy atom. The lowest BCUT2D eigenvalue weighted by molar-refractivity contribution is 0.249. The number of nitrogens with one attached hydrogen (secondary N) is 1. The zero-order chi connectivity index (χ0) is 15.1. The van der Waals surface area contributed by atoms with E-state index in [4.69, 9.17) is 11.3 Å². The molecule has 0 bridgehead atoms. The van der Waals surface area contributed by atoms with Crippen LogP contribution >= 0.6 is 11.3 Å². The Hall–Kier alpha value is -2.18. The summed E-state index contributed by atoms with van der Waals surface area (Å²) in [6, 6.07) is 10.6. The number of fused-ring (bicyclic) bond motifs is 3. The Kier molecular flexibility index (Phi) is 3.20. The molecule has 5 nitrogen and oxygen atoms in total. The fourth-order valence-corrected chi connectivity index (χ4v) is 4.28. The Morgan fingerprint density at radius 2 is 2.09 bits per heavy atom. The molecule has 22 heavy (non-hydrogen) atoms. The number of aromatic nitrogens is 2. The summed E-state index contributed by atoms with van der Waals surface area (Å²) < 4.78 is 1.30. The molecule has 0 atom stereocenters. The van der Waals surface area contributed by atoms with Crippen molar-refractivity contribution in [2.45, 2.75) is 19.5 Å². The maximum absolute atomic E-state index is 8.17. The fourth-order valence-electron chi connectivity index (χ4n) is 3.06. The van der Waals surface area contributed by atoms with Crippen LogP contribution in [0.4, 0.5) is 0 Å². The van der Waals surface area contributed by atoms with Crippen LogP contribution in [0.15, 0.2) is 36.7 Å². The van der Waals surface area contributed by atoms with Crippen LogP contribution in [-0.4, -0.2) is 21.1 Å². The van der Waals surface area contributed by atoms with Crippen LogP contribution in [0.1, 0.15) is 16.0 Å². The molecule has 0 unspecified atom stereocenters. The molecule has 0 amide bonds. The second-order valence-corrected chi connectivity index (χ2v) is 6.71. The Bertz CT molecular complexity index is 881. The number of hydrogen-bond acceptors (Lipinski definition) is 5. The number of hydrogen-bond donors (Lipinski definition) is 2. The van der Waals surface area contributed by atoms with Gasteiger partial charge in [0.25, 0.3) is 0 Å². The summed E-state index contributed by atoms with van der Waals surface area (Å²) >= 11 is 1.70. The van der Waals surface area contributed by atoms with E-state index in [9.17, 15) is 0 Å². The molecule has 3 aromatic rings. The van der Waals surface area contributed by atoms with Crippen molar-refractivity contribution in [3.8, 4) is 0 Å². The minimum atomic E-state index is 0.360. The summed E-state index contributed by atoms with van der Waals surface area (Å²) in [6.07, 6.45) is 2.48. The van der Waals surface area contributed by atoms with Gasteiger partial charge >= 0.3 is 0 Å². The number of rotatable bonds is 2. The van der Waals surface area contributed by atoms with E-state index < -0.39 is 0 Å². The summed E-state index contributed by atoms with van der Waals surface area (Å²) in [5, 5.41) is 9.10. The number of thiophene rings is 1. The van der Waals surface area contributed by atoms with Crippen molar-refractivity contribution in [2.75, 3.05) is 12.4 Å². The zero-order valence-electron chi connectivity index (χ0n) is 12.1. The van der Waals surface area contributed by atoms with Gasteiger partial charge in [-0.25, -0.2) is 9.66 Å². The summed E-state index contributed by atoms with van der Waals surface area (Å²) in [6.45, 7) is 2.90. The molecule has 0 saturated heterocycles. The van der Waals surface area contributed by atoms with Gasteiger partial charge in [-0.05, 0) is 17.5 Å². The van der Waals surface area contributed by atoms with Crippen molar-refractivity contribution in [1.82, 2.24) is 14.6 Å². The van der Waals surface area contributed by atoms with E-state index in [1.807, 2.05) is 6.07 Å². The van der Waals surface area contributed by atoms with Gasteiger partial charge in [0.1, 0.15) is 11.2 Å². The maximum atomic E-state index is 8.17. The van der Waals surface area contributed by atoms with Crippen molar-refractivity contribution >= 4 is 21.6 Å². The summed E-state index contributed by atoms with van der Waals surface area (Å²) in [4.78, 5) is 9.08. The van der Waals surface area contributed by atoms with E-state index in [0.29, 0.717) is 5.49 Å². The summed E-state index contributed by atoms with van der Waals surface area (Å²) in [5.41, 5.74) is 2.96. The normalized spacial score (nSPS) is 15.1. The second kappa shape index (κ2) is 5.23. The molecule has 0 fully saturated rings. The van der Waals surface area contributed by atoms with Gasteiger partial charge in [-0.2, -0.15) is 0 Å². The molecular weight excluding hydrogens is 294 g/mol. The Labute approximate surface area is 132 Å². The van der Waals surface area contributed by atoms with Crippen LogP contribution in [0.3, 0.4) is 0 Å². The predicted molar refractivity (Wildman–Crippen MR) is 87.9 cm³/mol. The fraction of sp³-hybridized carbons (Fsp3) is 0.250. The zero-order valence-corrected chi connectivity index (χ0v) is 12.9. The maximum Gasteiger partial charge on any atom is 0.155 e. The standard InChI is InChI=1S/C16H17N5S/c17-15-14-12-6-7-20(8-11-4-2-1-3-5-11)9-13(12)22-16(14)19-10-21(15)18/h1-5,10,17H,6-9,18H2. The average molecular weight is 311 g/mol. The minimum Gasteiger partial charge on any atom is -0.336 e. The number of nitrogens with two attached hydrogens (primary N) is 1. The van der Waals surface area contributed by atoms with Crippen LogP contribution in [0.2, 0.25) is 0 Å². The molecule has 6 heteroatoms. The van der Waals surface area contributed by atoms with E-state index in [-0.39, 0.29) is 0 Å². The molecule has 3 N–H and O–H groups in total. The average Bonchev–Trinajstić information content (AvgIpc) is 2.90. The Morgan fingerprint density at radius 1 is 1.27 bits per heavy atom. The van der Waals surface area contributed by atoms with E-state index in [0.717, 1.165) is 36.3 Å². The molecule has 1 aliphatic heterocycles. The third-order valence-electron chi connectivity index (χ3n) is 4.16. The highest BCUT2D eigenvalue weighted by atomic mass is 32.1. The largest absolute Gasteiger partial charge is 0.336 e. The van der Waals surface area contributed by atoms with Crippen LogP contribution in [0.5, 0.6) is 0 Å². The quantitative estimate of drug-likeness (QED) is 0.710. The third-order valence-corrected chi connectivity index (χ3v) is 5.29. The first-order valence-electron chi connectivity index (χ1n) is 7.30. The highest BCUT2D eigenvalue weighted by Crippen LogP contribution is 2.32. The first-order chi connectivity index (χ1) is 10.7. The van der Waals surface area contributed by atoms with E-state index >= 15 is 0 Å². The van der Waals surface area contributed by atoms with Gasteiger partial charge in [0, 0.05) is 24.5 Å². The topological polar surface area (TPSA) is 70.9 Å². The predicted octanol–water partition coefficient (Wildman–Crippen LogP) is 1.85. The van der Waals surface area contributed by atoms with E-state index in [2.05, 4.69) is 34.1 Å². The molecule has 0 radical (unpaired) electrons. The second-order valence-electron chi connectivity index (χ2n) is 5.63. The molecule has 0 aliphatic carbocycles. The van der Waals surface area contributed by atoms with Crippen LogP contribution in [-0.2, 0) is 19.5 Å². The SMILES string of the molecule is N=c1c2c3c(sc2ncn1N)CN(Cc1ccccc1)CC3. The minimum absolute atomic E-state index is 0.360. The van der Waals surface area contributed by atoms with E-state index in [1.165, 1.54) is 27.0 Å². The number of nitrogen functional groups attached to an aromatic ring is 1. The lowest BCUT2D eigenvalue weighted by Crippen LogP contribution is -2.31. The summed E-state index contributed by atoms with van der Waals surface area (Å²) in [7, 11) is 0. The molecule has 0 saturated carbocycles. The molecule has 4 rings (SSSR count). The first kappa shape index (κ1) is 13.5. The lowest BCUT2D eigenvalue weighted by Gasteiger charge is -2.26. The van der Waals surface area contributed by atoms with Gasteiger partial charge in [-0.3, -0.25) is 10.3 Å². The lowest BCUT2D eigenvalue weighted by atomic mass is 10.0. The molecule has 2 aromatic heterocycles. The van der Waals surface area contributed by atoms with Crippen molar-refractivity contribution in [1.29, 1.82) is 5.41 Å². The molecule has 1 aromatic carbocycles. The van der Waals surface area contributed by atoms with Gasteiger partial charge < -0.3 is 5.84 Å². The molecule has 3 heterocycles. The number of benzene rings is 1. The van der Waals surface area contributed by atoms with Crippen LogP contribution < -0.4 is 11.3 Å². The van der Waals surface area contributed by atoms with Gasteiger partial charge in [-0.15, -0.1) is 11.3 Å². The van der Waals surface area contributed by atoms with Gasteiger partial charge in [0.05, 0.1) is 5.39 Å². The van der Waals surface area contributed by atoms with Crippen LogP contribution in [0, 0.1) is 5.41 Å². The molecule has 0 spiro atoms. The first-order valence-corrected chi connectivity index (χ1v) is 8.12. The highest BCUT2D eigenvalue weighted by molar-refractivity contribution is 7.18. The third kappa shape index (κ3) is 2.20. The van der Waals surface area contributed by atoms with Crippen molar-refractivity contribution < 1.29 is 0 Å². The van der Waals surface area contributed by atoms with E-state index in [1.54, 1.807) is 11.3 Å². The molecule has 1 aliphatic rings. The van der Waals surface area contributed by atoms with Crippen molar-refractivity contribution in [3.05, 3.63) is 58.2 Å². The highest BCUT2D eigenvalue weighted by Gasteiger charge is 2.22. The summed E-state index contributed by atoms with van der Waals surface area (Å²) in [5.74, 6) is 5.77. The molecule has 112 valence electrons.